The fraction of sp³-hybridized carbons (Fsp3) is 0.478. The Morgan fingerprint density at radius 3 is 2.67 bits per heavy atom. The van der Waals surface area contributed by atoms with E-state index in [1.807, 2.05) is 0 Å². The van der Waals surface area contributed by atoms with Gasteiger partial charge < -0.3 is 15.1 Å². The van der Waals surface area contributed by atoms with Crippen LogP contribution in [0, 0.1) is 5.92 Å². The topological polar surface area (TPSA) is 97.9 Å². The molecule has 2 N–H and O–H groups in total. The van der Waals surface area contributed by atoms with Gasteiger partial charge in [-0.3, -0.25) is 9.48 Å². The van der Waals surface area contributed by atoms with Gasteiger partial charge in [0.2, 0.25) is 5.89 Å². The van der Waals surface area contributed by atoms with Gasteiger partial charge in [-0.1, -0.05) is 13.3 Å². The van der Waals surface area contributed by atoms with E-state index in [4.69, 9.17) is 4.42 Å². The summed E-state index contributed by atoms with van der Waals surface area (Å²) in [5.41, 5.74) is -0.556. The van der Waals surface area contributed by atoms with Gasteiger partial charge in [-0.05, 0) is 43.7 Å². The molecule has 0 saturated heterocycles. The van der Waals surface area contributed by atoms with E-state index in [9.17, 15) is 26.7 Å². The first kappa shape index (κ1) is 25.6. The van der Waals surface area contributed by atoms with Crippen molar-refractivity contribution in [2.75, 3.05) is 17.2 Å². The van der Waals surface area contributed by atoms with Gasteiger partial charge in [-0.2, -0.15) is 18.3 Å². The average molecular weight is 512 g/mol. The van der Waals surface area contributed by atoms with Crippen molar-refractivity contribution in [2.45, 2.75) is 57.7 Å². The van der Waals surface area contributed by atoms with Crippen LogP contribution in [0.5, 0.6) is 0 Å². The van der Waals surface area contributed by atoms with E-state index in [1.54, 1.807) is 0 Å². The molecule has 0 bridgehead atoms. The van der Waals surface area contributed by atoms with E-state index in [-0.39, 0.29) is 34.7 Å². The molecular weight excluding hydrogens is 487 g/mol. The molecule has 36 heavy (non-hydrogen) atoms. The summed E-state index contributed by atoms with van der Waals surface area (Å²) >= 11 is 0. The standard InChI is InChI=1S/C23H25F5N6O2/c1-2-13-3-5-15(6-4-13)34-10-16(19(33-34)20(24)25)31-21(35)17-11-36-22(32-17)14-7-8-29-18(9-14)30-12-23(26,27)28/h7-11,13,15,20H,2-6,12H2,1H3,(H,29,30)(H,31,35). The van der Waals surface area contributed by atoms with Gasteiger partial charge in [0.05, 0.1) is 11.7 Å². The molecule has 0 radical (unpaired) electrons. The van der Waals surface area contributed by atoms with Gasteiger partial charge >= 0.3 is 6.18 Å². The van der Waals surface area contributed by atoms with Crippen LogP contribution in [0.1, 0.15) is 67.7 Å². The predicted molar refractivity (Wildman–Crippen MR) is 121 cm³/mol. The summed E-state index contributed by atoms with van der Waals surface area (Å²) in [4.78, 5) is 20.6. The number of anilines is 2. The first-order chi connectivity index (χ1) is 17.1. The fourth-order valence-electron chi connectivity index (χ4n) is 4.22. The van der Waals surface area contributed by atoms with E-state index < -0.39 is 30.7 Å². The third-order valence-corrected chi connectivity index (χ3v) is 6.20. The summed E-state index contributed by atoms with van der Waals surface area (Å²) in [7, 11) is 0. The Bertz CT molecular complexity index is 1180. The van der Waals surface area contributed by atoms with Gasteiger partial charge in [0.15, 0.2) is 11.4 Å². The third-order valence-electron chi connectivity index (χ3n) is 6.20. The van der Waals surface area contributed by atoms with E-state index in [0.717, 1.165) is 38.4 Å². The van der Waals surface area contributed by atoms with Crippen LogP contribution in [-0.2, 0) is 0 Å². The zero-order valence-corrected chi connectivity index (χ0v) is 19.4. The van der Waals surface area contributed by atoms with Crippen molar-refractivity contribution < 1.29 is 31.2 Å². The fourth-order valence-corrected chi connectivity index (χ4v) is 4.22. The zero-order chi connectivity index (χ0) is 25.9. The summed E-state index contributed by atoms with van der Waals surface area (Å²) in [6.07, 6.45) is 1.13. The molecule has 1 fully saturated rings. The van der Waals surface area contributed by atoms with Gasteiger partial charge in [0.1, 0.15) is 18.6 Å². The van der Waals surface area contributed by atoms with Crippen LogP contribution in [-0.4, -0.2) is 38.4 Å². The number of oxazole rings is 1. The number of nitrogens with one attached hydrogen (secondary N) is 2. The number of hydrogen-bond donors (Lipinski definition) is 2. The number of halogens is 5. The van der Waals surface area contributed by atoms with E-state index in [0.29, 0.717) is 5.92 Å². The number of carbonyl (C=O) groups is 1. The monoisotopic (exact) mass is 512 g/mol. The molecule has 1 saturated carbocycles. The minimum atomic E-state index is -4.42. The number of rotatable bonds is 8. The predicted octanol–water partition coefficient (Wildman–Crippen LogP) is 6.24. The molecule has 8 nitrogen and oxygen atoms in total. The highest BCUT2D eigenvalue weighted by molar-refractivity contribution is 6.03. The largest absolute Gasteiger partial charge is 0.444 e. The SMILES string of the molecule is CCC1CCC(n2cc(NC(=O)c3coc(-c4ccnc(NCC(F)(F)F)c4)n3)c(C(F)F)n2)CC1. The Balaban J connectivity index is 1.46. The van der Waals surface area contributed by atoms with Crippen LogP contribution in [0.3, 0.4) is 0 Å². The van der Waals surface area contributed by atoms with Crippen LogP contribution in [0.25, 0.3) is 11.5 Å². The molecule has 3 aromatic heterocycles. The maximum Gasteiger partial charge on any atom is 0.405 e. The second-order valence-electron chi connectivity index (χ2n) is 8.68. The molecule has 13 heteroatoms. The van der Waals surface area contributed by atoms with Crippen LogP contribution in [0.15, 0.2) is 35.2 Å². The Morgan fingerprint density at radius 2 is 2.00 bits per heavy atom. The number of carbonyl (C=O) groups excluding carboxylic acids is 1. The number of hydrogen-bond acceptors (Lipinski definition) is 6. The Morgan fingerprint density at radius 1 is 1.25 bits per heavy atom. The molecule has 3 aromatic rings. The number of amides is 1. The van der Waals surface area contributed by atoms with Crippen molar-refractivity contribution in [1.29, 1.82) is 0 Å². The lowest BCUT2D eigenvalue weighted by Crippen LogP contribution is -2.21. The smallest absolute Gasteiger partial charge is 0.405 e. The van der Waals surface area contributed by atoms with Crippen molar-refractivity contribution in [3.63, 3.8) is 0 Å². The molecule has 1 aliphatic rings. The molecule has 0 atom stereocenters. The van der Waals surface area contributed by atoms with Gasteiger partial charge in [0.25, 0.3) is 12.3 Å². The number of pyridine rings is 1. The highest BCUT2D eigenvalue weighted by atomic mass is 19.4. The molecule has 0 aliphatic heterocycles. The summed E-state index contributed by atoms with van der Waals surface area (Å²) in [5.74, 6) is -0.263. The summed E-state index contributed by atoms with van der Waals surface area (Å²) < 4.78 is 71.4. The Labute approximate surface area is 203 Å². The highest BCUT2D eigenvalue weighted by Crippen LogP contribution is 2.36. The van der Waals surface area contributed by atoms with E-state index in [2.05, 4.69) is 32.6 Å². The lowest BCUT2D eigenvalue weighted by Gasteiger charge is -2.27. The van der Waals surface area contributed by atoms with Crippen molar-refractivity contribution in [1.82, 2.24) is 19.7 Å². The molecular formula is C23H25F5N6O2. The maximum absolute atomic E-state index is 13.6. The molecule has 0 spiro atoms. The second-order valence-corrected chi connectivity index (χ2v) is 8.68. The van der Waals surface area contributed by atoms with Crippen molar-refractivity contribution >= 4 is 17.4 Å². The molecule has 1 aliphatic carbocycles. The van der Waals surface area contributed by atoms with Crippen molar-refractivity contribution in [3.05, 3.63) is 42.2 Å². The lowest BCUT2D eigenvalue weighted by atomic mass is 9.85. The number of aromatic nitrogens is 4. The first-order valence-corrected chi connectivity index (χ1v) is 11.5. The highest BCUT2D eigenvalue weighted by Gasteiger charge is 2.28. The zero-order valence-electron chi connectivity index (χ0n) is 19.4. The van der Waals surface area contributed by atoms with Crippen LogP contribution < -0.4 is 10.6 Å². The summed E-state index contributed by atoms with van der Waals surface area (Å²) in [5, 5.41) is 8.61. The normalized spacial score (nSPS) is 18.4. The Kier molecular flexibility index (Phi) is 7.55. The van der Waals surface area contributed by atoms with E-state index >= 15 is 0 Å². The summed E-state index contributed by atoms with van der Waals surface area (Å²) in [6.45, 7) is 0.859. The quantitative estimate of drug-likeness (QED) is 0.347. The van der Waals surface area contributed by atoms with Crippen molar-refractivity contribution in [3.8, 4) is 11.5 Å². The van der Waals surface area contributed by atoms with Crippen LogP contribution in [0.4, 0.5) is 33.5 Å². The molecule has 4 rings (SSSR count). The molecule has 0 aromatic carbocycles. The maximum atomic E-state index is 13.6. The van der Waals surface area contributed by atoms with Gasteiger partial charge in [-0.15, -0.1) is 0 Å². The number of alkyl halides is 5. The van der Waals surface area contributed by atoms with Gasteiger partial charge in [0, 0.05) is 18.0 Å². The first-order valence-electron chi connectivity index (χ1n) is 11.5. The summed E-state index contributed by atoms with van der Waals surface area (Å²) in [6, 6.07) is 2.71. The lowest BCUT2D eigenvalue weighted by molar-refractivity contribution is -0.115. The molecule has 0 unspecified atom stereocenters. The van der Waals surface area contributed by atoms with E-state index in [1.165, 1.54) is 29.2 Å². The average Bonchev–Trinajstić information content (AvgIpc) is 3.51. The molecule has 3 heterocycles. The minimum Gasteiger partial charge on any atom is -0.444 e. The third kappa shape index (κ3) is 6.18. The van der Waals surface area contributed by atoms with Crippen molar-refractivity contribution in [2.24, 2.45) is 5.92 Å². The molecule has 1 amide bonds. The van der Waals surface area contributed by atoms with Crippen LogP contribution >= 0.6 is 0 Å². The van der Waals surface area contributed by atoms with Gasteiger partial charge in [-0.25, -0.2) is 18.7 Å². The second kappa shape index (κ2) is 10.6. The minimum absolute atomic E-state index is 0.0125. The number of nitrogens with zero attached hydrogens (tertiary/aromatic N) is 4. The van der Waals surface area contributed by atoms with Crippen LogP contribution in [0.2, 0.25) is 0 Å². The molecule has 194 valence electrons. The Hall–Kier alpha value is -3.51.